The van der Waals surface area contributed by atoms with Crippen molar-refractivity contribution in [2.75, 3.05) is 5.32 Å². The van der Waals surface area contributed by atoms with Gasteiger partial charge in [0.05, 0.1) is 16.6 Å². The summed E-state index contributed by atoms with van der Waals surface area (Å²) in [4.78, 5) is 8.61. The van der Waals surface area contributed by atoms with E-state index in [1.807, 2.05) is 41.0 Å². The van der Waals surface area contributed by atoms with E-state index in [-0.39, 0.29) is 6.04 Å². The lowest BCUT2D eigenvalue weighted by Gasteiger charge is -2.27. The molecule has 2 aromatic heterocycles. The summed E-state index contributed by atoms with van der Waals surface area (Å²) in [5.41, 5.74) is 9.26. The van der Waals surface area contributed by atoms with Crippen molar-refractivity contribution < 1.29 is 0 Å². The van der Waals surface area contributed by atoms with E-state index >= 15 is 0 Å². The fourth-order valence-electron chi connectivity index (χ4n) is 2.84. The van der Waals surface area contributed by atoms with Gasteiger partial charge in [0.15, 0.2) is 0 Å². The molecule has 106 valence electrons. The van der Waals surface area contributed by atoms with Gasteiger partial charge in [-0.3, -0.25) is 9.55 Å². The van der Waals surface area contributed by atoms with Gasteiger partial charge in [0.1, 0.15) is 17.9 Å². The van der Waals surface area contributed by atoms with Crippen LogP contribution in [0.15, 0.2) is 60.2 Å². The maximum atomic E-state index is 9.55. The van der Waals surface area contributed by atoms with Crippen molar-refractivity contribution in [1.82, 2.24) is 14.5 Å². The molecule has 4 rings (SSSR count). The molecule has 22 heavy (non-hydrogen) atoms. The average molecular weight is 288 g/mol. The number of nitrogens with two attached hydrogens (primary N) is 1. The van der Waals surface area contributed by atoms with Gasteiger partial charge >= 0.3 is 0 Å². The average Bonchev–Trinajstić information content (AvgIpc) is 2.92. The van der Waals surface area contributed by atoms with Crippen LogP contribution in [0.2, 0.25) is 0 Å². The summed E-state index contributed by atoms with van der Waals surface area (Å²) in [7, 11) is 0. The number of nitriles is 1. The normalized spacial score (nSPS) is 17.0. The first-order valence-corrected chi connectivity index (χ1v) is 6.83. The van der Waals surface area contributed by atoms with Gasteiger partial charge in [-0.2, -0.15) is 5.26 Å². The second kappa shape index (κ2) is 4.60. The fourth-order valence-corrected chi connectivity index (χ4v) is 2.84. The van der Waals surface area contributed by atoms with Gasteiger partial charge in [-0.05, 0) is 29.8 Å². The van der Waals surface area contributed by atoms with E-state index in [4.69, 9.17) is 5.73 Å². The monoisotopic (exact) mass is 288 g/mol. The number of pyridine rings is 1. The van der Waals surface area contributed by atoms with E-state index in [9.17, 15) is 5.26 Å². The predicted octanol–water partition coefficient (Wildman–Crippen LogP) is 2.14. The quantitative estimate of drug-likeness (QED) is 0.715. The first-order valence-electron chi connectivity index (χ1n) is 6.83. The molecule has 1 atom stereocenters. The van der Waals surface area contributed by atoms with Gasteiger partial charge in [-0.15, -0.1) is 0 Å². The molecule has 3 N–H and O–H groups in total. The largest absolute Gasteiger partial charge is 0.384 e. The lowest BCUT2D eigenvalue weighted by atomic mass is 9.98. The SMILES string of the molecule is N#CC1=C(N)Nc2nc3ccccc3n2C1c1ccncc1. The van der Waals surface area contributed by atoms with Crippen molar-refractivity contribution in [2.45, 2.75) is 6.04 Å². The van der Waals surface area contributed by atoms with Gasteiger partial charge in [-0.1, -0.05) is 12.1 Å². The molecule has 0 radical (unpaired) electrons. The van der Waals surface area contributed by atoms with E-state index in [0.717, 1.165) is 16.6 Å². The molecule has 6 nitrogen and oxygen atoms in total. The molecule has 1 aromatic carbocycles. The third-order valence-corrected chi connectivity index (χ3v) is 3.81. The van der Waals surface area contributed by atoms with Crippen LogP contribution in [0, 0.1) is 11.3 Å². The highest BCUT2D eigenvalue weighted by Gasteiger charge is 2.30. The molecule has 1 unspecified atom stereocenters. The van der Waals surface area contributed by atoms with E-state index < -0.39 is 0 Å². The molecule has 0 amide bonds. The summed E-state index contributed by atoms with van der Waals surface area (Å²) < 4.78 is 2.00. The van der Waals surface area contributed by atoms with Gasteiger partial charge in [0.2, 0.25) is 5.95 Å². The Bertz CT molecular complexity index is 932. The minimum Gasteiger partial charge on any atom is -0.384 e. The van der Waals surface area contributed by atoms with E-state index in [2.05, 4.69) is 21.4 Å². The molecule has 0 fully saturated rings. The van der Waals surface area contributed by atoms with Gasteiger partial charge in [0.25, 0.3) is 0 Å². The smallest absolute Gasteiger partial charge is 0.210 e. The molecule has 6 heteroatoms. The Kier molecular flexibility index (Phi) is 2.60. The van der Waals surface area contributed by atoms with E-state index in [1.54, 1.807) is 12.4 Å². The number of benzene rings is 1. The number of para-hydroxylation sites is 2. The number of imidazole rings is 1. The standard InChI is InChI=1S/C16H12N6/c17-9-11-14(10-5-7-19-8-6-10)22-13-4-2-1-3-12(13)20-16(22)21-15(11)18/h1-8,14H,18H2,(H,20,21). The summed E-state index contributed by atoms with van der Waals surface area (Å²) in [6.07, 6.45) is 3.42. The zero-order chi connectivity index (χ0) is 15.1. The van der Waals surface area contributed by atoms with Gasteiger partial charge < -0.3 is 11.1 Å². The number of hydrogen-bond donors (Lipinski definition) is 2. The molecule has 0 spiro atoms. The summed E-state index contributed by atoms with van der Waals surface area (Å²) >= 11 is 0. The van der Waals surface area contributed by atoms with Crippen LogP contribution in [0.4, 0.5) is 5.95 Å². The van der Waals surface area contributed by atoms with Crippen LogP contribution in [0.1, 0.15) is 11.6 Å². The Balaban J connectivity index is 2.05. The second-order valence-electron chi connectivity index (χ2n) is 5.04. The molecule has 0 aliphatic carbocycles. The van der Waals surface area contributed by atoms with Crippen molar-refractivity contribution >= 4 is 17.0 Å². The number of rotatable bonds is 1. The fraction of sp³-hybridized carbons (Fsp3) is 0.0625. The number of anilines is 1. The maximum Gasteiger partial charge on any atom is 0.210 e. The van der Waals surface area contributed by atoms with E-state index in [1.165, 1.54) is 0 Å². The molecule has 0 bridgehead atoms. The zero-order valence-electron chi connectivity index (χ0n) is 11.6. The topological polar surface area (TPSA) is 92.5 Å². The highest BCUT2D eigenvalue weighted by molar-refractivity contribution is 5.80. The lowest BCUT2D eigenvalue weighted by molar-refractivity contribution is 0.679. The second-order valence-corrected chi connectivity index (χ2v) is 5.04. The first kappa shape index (κ1) is 12.4. The Morgan fingerprint density at radius 2 is 1.95 bits per heavy atom. The number of nitrogens with zero attached hydrogens (tertiary/aromatic N) is 4. The van der Waals surface area contributed by atoms with Crippen LogP contribution in [0.3, 0.4) is 0 Å². The predicted molar refractivity (Wildman–Crippen MR) is 82.6 cm³/mol. The van der Waals surface area contributed by atoms with E-state index in [0.29, 0.717) is 17.3 Å². The van der Waals surface area contributed by atoms with Gasteiger partial charge in [0, 0.05) is 12.4 Å². The van der Waals surface area contributed by atoms with Crippen LogP contribution in [-0.2, 0) is 0 Å². The van der Waals surface area contributed by atoms with Crippen molar-refractivity contribution in [3.05, 3.63) is 65.7 Å². The van der Waals surface area contributed by atoms with Crippen molar-refractivity contribution in [3.63, 3.8) is 0 Å². The molecule has 1 aliphatic rings. The van der Waals surface area contributed by atoms with Crippen molar-refractivity contribution in [2.24, 2.45) is 5.73 Å². The third-order valence-electron chi connectivity index (χ3n) is 3.81. The number of nitrogens with one attached hydrogen (secondary N) is 1. The van der Waals surface area contributed by atoms with Crippen LogP contribution >= 0.6 is 0 Å². The molecule has 0 saturated heterocycles. The van der Waals surface area contributed by atoms with Crippen LogP contribution < -0.4 is 11.1 Å². The Morgan fingerprint density at radius 1 is 1.18 bits per heavy atom. The highest BCUT2D eigenvalue weighted by atomic mass is 15.3. The molecular formula is C16H12N6. The molecule has 1 aliphatic heterocycles. The van der Waals surface area contributed by atoms with Crippen LogP contribution in [-0.4, -0.2) is 14.5 Å². The summed E-state index contributed by atoms with van der Waals surface area (Å²) in [6, 6.07) is 13.5. The number of aromatic nitrogens is 3. The minimum atomic E-state index is -0.309. The Morgan fingerprint density at radius 3 is 2.73 bits per heavy atom. The summed E-state index contributed by atoms with van der Waals surface area (Å²) in [5.74, 6) is 0.978. The number of hydrogen-bond acceptors (Lipinski definition) is 5. The number of fused-ring (bicyclic) bond motifs is 3. The summed E-state index contributed by atoms with van der Waals surface area (Å²) in [6.45, 7) is 0. The van der Waals surface area contributed by atoms with Crippen LogP contribution in [0.25, 0.3) is 11.0 Å². The number of allylic oxidation sites excluding steroid dienone is 1. The first-order chi connectivity index (χ1) is 10.8. The van der Waals surface area contributed by atoms with Crippen molar-refractivity contribution in [1.29, 1.82) is 5.26 Å². The molecule has 3 aromatic rings. The van der Waals surface area contributed by atoms with Crippen molar-refractivity contribution in [3.8, 4) is 6.07 Å². The summed E-state index contributed by atoms with van der Waals surface area (Å²) in [5, 5.41) is 12.6. The zero-order valence-corrected chi connectivity index (χ0v) is 11.6. The molecule has 3 heterocycles. The Hall–Kier alpha value is -3.33. The maximum absolute atomic E-state index is 9.55. The third kappa shape index (κ3) is 1.66. The highest BCUT2D eigenvalue weighted by Crippen LogP contribution is 2.37. The van der Waals surface area contributed by atoms with Gasteiger partial charge in [-0.25, -0.2) is 4.98 Å². The Labute approximate surface area is 126 Å². The minimum absolute atomic E-state index is 0.309. The molecule has 0 saturated carbocycles. The molecular weight excluding hydrogens is 276 g/mol. The lowest BCUT2D eigenvalue weighted by Crippen LogP contribution is -2.27. The van der Waals surface area contributed by atoms with Crippen LogP contribution in [0.5, 0.6) is 0 Å².